The molecule has 4 N–H and O–H groups in total. The number of rotatable bonds is 9. The Balaban J connectivity index is 1.53. The first kappa shape index (κ1) is 26.3. The van der Waals surface area contributed by atoms with Crippen LogP contribution in [0.4, 0.5) is 8.78 Å². The lowest BCUT2D eigenvalue weighted by Gasteiger charge is -2.22. The highest BCUT2D eigenvalue weighted by Gasteiger charge is 2.22. The van der Waals surface area contributed by atoms with Crippen LogP contribution in [0.15, 0.2) is 72.5 Å². The number of ether oxygens (including phenoxy) is 2. The molecule has 0 spiro atoms. The molecule has 2 aromatic carbocycles. The minimum atomic E-state index is -1.03. The van der Waals surface area contributed by atoms with Gasteiger partial charge in [-0.1, -0.05) is 36.4 Å². The van der Waals surface area contributed by atoms with Crippen molar-refractivity contribution in [1.29, 1.82) is 5.41 Å². The summed E-state index contributed by atoms with van der Waals surface area (Å²) in [6.45, 7) is 4.96. The van der Waals surface area contributed by atoms with Gasteiger partial charge in [0, 0.05) is 37.0 Å². The zero-order chi connectivity index (χ0) is 27.2. The molecule has 1 aliphatic rings. The molecule has 38 heavy (non-hydrogen) atoms. The number of aromatic nitrogens is 1. The molecule has 0 saturated heterocycles. The van der Waals surface area contributed by atoms with E-state index in [4.69, 9.17) is 20.6 Å². The second-order valence-electron chi connectivity index (χ2n) is 8.64. The number of hydrogen-bond acceptors (Lipinski definition) is 6. The number of halogens is 2. The summed E-state index contributed by atoms with van der Waals surface area (Å²) in [5.41, 5.74) is 6.79. The quantitative estimate of drug-likeness (QED) is 0.270. The van der Waals surface area contributed by atoms with Gasteiger partial charge in [0.05, 0.1) is 5.56 Å². The van der Waals surface area contributed by atoms with Gasteiger partial charge in [0.1, 0.15) is 17.3 Å². The molecule has 0 saturated carbocycles. The molecule has 0 unspecified atom stereocenters. The van der Waals surface area contributed by atoms with Crippen LogP contribution in [0.3, 0.4) is 0 Å². The van der Waals surface area contributed by atoms with Crippen molar-refractivity contribution in [3.8, 4) is 23.3 Å². The lowest BCUT2D eigenvalue weighted by atomic mass is 10.2. The van der Waals surface area contributed by atoms with E-state index in [0.717, 1.165) is 12.1 Å². The molecule has 8 nitrogen and oxygen atoms in total. The average Bonchev–Trinajstić information content (AvgIpc) is 2.90. The fraction of sp³-hybridized carbons (Fsp3) is 0.179. The third kappa shape index (κ3) is 6.15. The third-order valence-electron chi connectivity index (χ3n) is 5.73. The van der Waals surface area contributed by atoms with Crippen LogP contribution in [0.1, 0.15) is 28.4 Å². The number of para-hydroxylation sites is 1. The summed E-state index contributed by atoms with van der Waals surface area (Å²) >= 11 is 0. The number of carbonyl (C=O) groups is 1. The van der Waals surface area contributed by atoms with Crippen LogP contribution >= 0.6 is 0 Å². The number of allylic oxidation sites excluding steroid dienone is 2. The minimum Gasteiger partial charge on any atom is -0.436 e. The zero-order valence-corrected chi connectivity index (χ0v) is 20.9. The van der Waals surface area contributed by atoms with Crippen LogP contribution in [-0.2, 0) is 0 Å². The Kier molecular flexibility index (Phi) is 8.00. The van der Waals surface area contributed by atoms with Gasteiger partial charge in [0.15, 0.2) is 11.6 Å². The first-order chi connectivity index (χ1) is 18.2. The molecular formula is C28H27F2N5O3. The zero-order valence-electron chi connectivity index (χ0n) is 20.9. The van der Waals surface area contributed by atoms with Gasteiger partial charge in [0.2, 0.25) is 0 Å². The van der Waals surface area contributed by atoms with Gasteiger partial charge >= 0.3 is 0 Å². The van der Waals surface area contributed by atoms with Crippen molar-refractivity contribution in [2.75, 3.05) is 19.6 Å². The normalized spacial score (nSPS) is 12.6. The molecule has 0 atom stereocenters. The summed E-state index contributed by atoms with van der Waals surface area (Å²) in [5.74, 6) is -3.53. The summed E-state index contributed by atoms with van der Waals surface area (Å²) in [5, 5.41) is 10.4. The third-order valence-corrected chi connectivity index (χ3v) is 5.73. The van der Waals surface area contributed by atoms with Crippen molar-refractivity contribution in [3.05, 3.63) is 101 Å². The highest BCUT2D eigenvalue weighted by atomic mass is 19.1. The van der Waals surface area contributed by atoms with Crippen molar-refractivity contribution in [2.24, 2.45) is 5.73 Å². The Morgan fingerprint density at radius 2 is 1.84 bits per heavy atom. The Hall–Kier alpha value is -4.73. The smallest absolute Gasteiger partial charge is 0.259 e. The molecule has 0 radical (unpaired) electrons. The fourth-order valence-electron chi connectivity index (χ4n) is 3.75. The van der Waals surface area contributed by atoms with Gasteiger partial charge in [-0.25, -0.2) is 8.78 Å². The minimum absolute atomic E-state index is 0.0450. The summed E-state index contributed by atoms with van der Waals surface area (Å²) in [4.78, 5) is 18.9. The molecule has 1 aromatic heterocycles. The van der Waals surface area contributed by atoms with E-state index in [1.807, 2.05) is 25.3 Å². The SMILES string of the molecule is CC1=CN(CCNC(=O)c2ccccc2Oc2nc(Oc3cccc(C(=N)N)c3)c(F)c(C)c2F)CC=C1. The van der Waals surface area contributed by atoms with E-state index in [9.17, 15) is 13.6 Å². The molecule has 2 heterocycles. The predicted molar refractivity (Wildman–Crippen MR) is 140 cm³/mol. The number of pyridine rings is 1. The largest absolute Gasteiger partial charge is 0.436 e. The first-order valence-electron chi connectivity index (χ1n) is 11.8. The molecule has 10 heteroatoms. The van der Waals surface area contributed by atoms with Crippen molar-refractivity contribution in [1.82, 2.24) is 15.2 Å². The number of amidine groups is 1. The highest BCUT2D eigenvalue weighted by Crippen LogP contribution is 2.33. The molecule has 1 amide bonds. The van der Waals surface area contributed by atoms with E-state index in [-0.39, 0.29) is 28.5 Å². The lowest BCUT2D eigenvalue weighted by molar-refractivity contribution is 0.0948. The van der Waals surface area contributed by atoms with Crippen LogP contribution in [-0.4, -0.2) is 41.3 Å². The van der Waals surface area contributed by atoms with E-state index >= 15 is 0 Å². The van der Waals surface area contributed by atoms with Gasteiger partial charge in [-0.2, -0.15) is 4.98 Å². The van der Waals surface area contributed by atoms with Crippen molar-refractivity contribution >= 4 is 11.7 Å². The maximum absolute atomic E-state index is 15.0. The first-order valence-corrected chi connectivity index (χ1v) is 11.8. The fourth-order valence-corrected chi connectivity index (χ4v) is 3.75. The molecular weight excluding hydrogens is 492 g/mol. The Morgan fingerprint density at radius 1 is 1.11 bits per heavy atom. The summed E-state index contributed by atoms with van der Waals surface area (Å²) in [6.07, 6.45) is 6.10. The average molecular weight is 520 g/mol. The topological polar surface area (TPSA) is 114 Å². The lowest BCUT2D eigenvalue weighted by Crippen LogP contribution is -2.33. The Morgan fingerprint density at radius 3 is 2.58 bits per heavy atom. The predicted octanol–water partition coefficient (Wildman–Crippen LogP) is 5.04. The second-order valence-corrected chi connectivity index (χ2v) is 8.64. The van der Waals surface area contributed by atoms with Gasteiger partial charge in [-0.15, -0.1) is 0 Å². The van der Waals surface area contributed by atoms with Crippen molar-refractivity contribution < 1.29 is 23.0 Å². The number of nitrogens with two attached hydrogens (primary N) is 1. The van der Waals surface area contributed by atoms with E-state index in [0.29, 0.717) is 18.7 Å². The summed E-state index contributed by atoms with van der Waals surface area (Å²) in [7, 11) is 0. The maximum atomic E-state index is 15.0. The molecule has 3 aromatic rings. The number of benzene rings is 2. The molecule has 4 rings (SSSR count). The second kappa shape index (κ2) is 11.5. The maximum Gasteiger partial charge on any atom is 0.259 e. The van der Waals surface area contributed by atoms with E-state index in [2.05, 4.69) is 15.2 Å². The number of nitrogens with one attached hydrogen (secondary N) is 2. The molecule has 0 bridgehead atoms. The Bertz CT molecular complexity index is 1440. The molecule has 1 aliphatic heterocycles. The number of nitrogen functional groups attached to an aromatic ring is 1. The van der Waals surface area contributed by atoms with Crippen LogP contribution < -0.4 is 20.5 Å². The Labute approximate surface area is 218 Å². The van der Waals surface area contributed by atoms with Crippen LogP contribution in [0.2, 0.25) is 0 Å². The van der Waals surface area contributed by atoms with E-state index in [1.54, 1.807) is 24.3 Å². The van der Waals surface area contributed by atoms with Crippen LogP contribution in [0.5, 0.6) is 23.3 Å². The van der Waals surface area contributed by atoms with Crippen LogP contribution in [0.25, 0.3) is 0 Å². The number of amides is 1. The van der Waals surface area contributed by atoms with Gasteiger partial charge in [-0.3, -0.25) is 10.2 Å². The monoisotopic (exact) mass is 519 g/mol. The molecule has 0 fully saturated rings. The number of hydrogen-bond donors (Lipinski definition) is 3. The van der Waals surface area contributed by atoms with Crippen molar-refractivity contribution in [3.63, 3.8) is 0 Å². The molecule has 196 valence electrons. The summed E-state index contributed by atoms with van der Waals surface area (Å²) < 4.78 is 41.0. The van der Waals surface area contributed by atoms with E-state index in [1.165, 1.54) is 31.2 Å². The van der Waals surface area contributed by atoms with Gasteiger partial charge in [0.25, 0.3) is 17.7 Å². The number of carbonyl (C=O) groups excluding carboxylic acids is 1. The summed E-state index contributed by atoms with van der Waals surface area (Å²) in [6, 6.07) is 12.4. The van der Waals surface area contributed by atoms with Gasteiger partial charge in [-0.05, 0) is 43.7 Å². The van der Waals surface area contributed by atoms with E-state index < -0.39 is 29.3 Å². The van der Waals surface area contributed by atoms with Crippen LogP contribution in [0, 0.1) is 24.0 Å². The van der Waals surface area contributed by atoms with Crippen molar-refractivity contribution in [2.45, 2.75) is 13.8 Å². The molecule has 0 aliphatic carbocycles. The highest BCUT2D eigenvalue weighted by molar-refractivity contribution is 5.97. The standard InChI is InChI=1S/C28H27F2N5O3/c1-17-7-6-13-35(16-17)14-12-33-26(36)21-10-3-4-11-22(21)38-28-24(30)18(2)23(29)27(34-28)37-20-9-5-8-19(15-20)25(31)32/h3-11,15-16H,12-14H2,1-2H3,(H3,31,32)(H,33,36). The number of nitrogens with zero attached hydrogens (tertiary/aromatic N) is 2. The van der Waals surface area contributed by atoms with Gasteiger partial charge < -0.3 is 25.4 Å².